The fourth-order valence-electron chi connectivity index (χ4n) is 4.14. The summed E-state index contributed by atoms with van der Waals surface area (Å²) in [6.45, 7) is -2.06. The summed E-state index contributed by atoms with van der Waals surface area (Å²) in [5, 5.41) is 36.6. The third-order valence-corrected chi connectivity index (χ3v) is 4.86. The van der Waals surface area contributed by atoms with Crippen molar-refractivity contribution < 1.29 is 39.6 Å². The zero-order valence-corrected chi connectivity index (χ0v) is 14.0. The van der Waals surface area contributed by atoms with Crippen molar-refractivity contribution in [2.45, 2.75) is 24.9 Å². The molecule has 0 aromatic heterocycles. The lowest BCUT2D eigenvalue weighted by Gasteiger charge is -2.52. The Morgan fingerprint density at radius 3 is 1.12 bits per heavy atom. The zero-order chi connectivity index (χ0) is 19.4. The summed E-state index contributed by atoms with van der Waals surface area (Å²) in [7, 11) is 0. The van der Waals surface area contributed by atoms with Crippen molar-refractivity contribution in [2.75, 3.05) is 26.2 Å². The number of hydrogen-bond acceptors (Lipinski definition) is 6. The van der Waals surface area contributed by atoms with E-state index in [1.165, 1.54) is 9.80 Å². The normalized spacial score (nSPS) is 27.0. The van der Waals surface area contributed by atoms with E-state index >= 15 is 0 Å². The summed E-state index contributed by atoms with van der Waals surface area (Å²) in [6, 6.07) is -1.16. The van der Waals surface area contributed by atoms with E-state index in [0.29, 0.717) is 12.8 Å². The Balaban J connectivity index is 2.38. The number of nitrogens with zero attached hydrogens (tertiary/aromatic N) is 2. The van der Waals surface area contributed by atoms with Crippen LogP contribution >= 0.6 is 0 Å². The predicted molar refractivity (Wildman–Crippen MR) is 86.6 cm³/mol. The first-order valence-electron chi connectivity index (χ1n) is 8.22. The van der Waals surface area contributed by atoms with Crippen LogP contribution in [0.5, 0.6) is 0 Å². The SMILES string of the molecule is O=C(O)CN(CC(=O)O)C1C2C=C[C@@H](CC2)[C@H]1N(CC(=O)O)CC(=O)O. The third kappa shape index (κ3) is 4.79. The maximum atomic E-state index is 11.2. The van der Waals surface area contributed by atoms with Gasteiger partial charge in [0.2, 0.25) is 0 Å². The van der Waals surface area contributed by atoms with Gasteiger partial charge in [-0.15, -0.1) is 0 Å². The molecule has 10 nitrogen and oxygen atoms in total. The van der Waals surface area contributed by atoms with Crippen LogP contribution in [0.15, 0.2) is 12.2 Å². The molecule has 0 spiro atoms. The van der Waals surface area contributed by atoms with Gasteiger partial charge in [-0.1, -0.05) is 12.2 Å². The van der Waals surface area contributed by atoms with Crippen molar-refractivity contribution in [3.05, 3.63) is 12.2 Å². The first-order valence-corrected chi connectivity index (χ1v) is 8.22. The molecule has 0 radical (unpaired) electrons. The Labute approximate surface area is 149 Å². The summed E-state index contributed by atoms with van der Waals surface area (Å²) < 4.78 is 0. The van der Waals surface area contributed by atoms with E-state index < -0.39 is 62.1 Å². The Bertz CT molecular complexity index is 535. The van der Waals surface area contributed by atoms with Gasteiger partial charge in [0, 0.05) is 12.1 Å². The summed E-state index contributed by atoms with van der Waals surface area (Å²) >= 11 is 0. The van der Waals surface area contributed by atoms with Crippen LogP contribution in [0.4, 0.5) is 0 Å². The van der Waals surface area contributed by atoms with Crippen LogP contribution in [0.3, 0.4) is 0 Å². The topological polar surface area (TPSA) is 156 Å². The molecule has 10 heteroatoms. The molecule has 1 fully saturated rings. The molecule has 0 heterocycles. The Hall–Kier alpha value is -2.46. The maximum absolute atomic E-state index is 11.2. The molecule has 2 unspecified atom stereocenters. The molecule has 0 amide bonds. The maximum Gasteiger partial charge on any atom is 0.317 e. The lowest BCUT2D eigenvalue weighted by molar-refractivity contribution is -0.151. The monoisotopic (exact) mass is 370 g/mol. The van der Waals surface area contributed by atoms with Crippen LogP contribution in [0.2, 0.25) is 0 Å². The zero-order valence-electron chi connectivity index (χ0n) is 14.0. The molecule has 2 bridgehead atoms. The Morgan fingerprint density at radius 1 is 0.654 bits per heavy atom. The van der Waals surface area contributed by atoms with Gasteiger partial charge in [-0.2, -0.15) is 0 Å². The van der Waals surface area contributed by atoms with E-state index in [-0.39, 0.29) is 11.8 Å². The van der Waals surface area contributed by atoms with Crippen LogP contribution in [0, 0.1) is 11.8 Å². The van der Waals surface area contributed by atoms with Crippen LogP contribution in [-0.2, 0) is 19.2 Å². The molecule has 1 saturated carbocycles. The second-order valence-corrected chi connectivity index (χ2v) is 6.66. The van der Waals surface area contributed by atoms with Crippen molar-refractivity contribution in [3.63, 3.8) is 0 Å². The highest BCUT2D eigenvalue weighted by Gasteiger charge is 2.47. The van der Waals surface area contributed by atoms with Crippen molar-refractivity contribution in [3.8, 4) is 0 Å². The van der Waals surface area contributed by atoms with Crippen molar-refractivity contribution in [1.82, 2.24) is 9.80 Å². The average molecular weight is 370 g/mol. The lowest BCUT2D eigenvalue weighted by Crippen LogP contribution is -2.64. The van der Waals surface area contributed by atoms with Gasteiger partial charge in [0.25, 0.3) is 0 Å². The van der Waals surface area contributed by atoms with Gasteiger partial charge in [-0.3, -0.25) is 29.0 Å². The fourth-order valence-corrected chi connectivity index (χ4v) is 4.14. The first kappa shape index (κ1) is 19.9. The second-order valence-electron chi connectivity index (χ2n) is 6.66. The average Bonchev–Trinajstić information content (AvgIpc) is 2.52. The molecular formula is C16H22N2O8. The molecule has 144 valence electrons. The third-order valence-electron chi connectivity index (χ3n) is 4.86. The number of carbonyl (C=O) groups is 4. The molecular weight excluding hydrogens is 348 g/mol. The van der Waals surface area contributed by atoms with E-state index in [1.54, 1.807) is 0 Å². The highest BCUT2D eigenvalue weighted by Crippen LogP contribution is 2.41. The lowest BCUT2D eigenvalue weighted by atomic mass is 9.68. The van der Waals surface area contributed by atoms with E-state index in [9.17, 15) is 19.2 Å². The van der Waals surface area contributed by atoms with Gasteiger partial charge in [-0.05, 0) is 24.7 Å². The van der Waals surface area contributed by atoms with E-state index in [0.717, 1.165) is 0 Å². The Kier molecular flexibility index (Phi) is 6.32. The van der Waals surface area contributed by atoms with E-state index in [4.69, 9.17) is 20.4 Å². The second kappa shape index (κ2) is 8.28. The molecule has 4 N–H and O–H groups in total. The molecule has 26 heavy (non-hydrogen) atoms. The molecule has 0 aliphatic heterocycles. The number of carboxylic acid groups (broad SMARTS) is 4. The standard InChI is InChI=1S/C16H22N2O8/c19-11(20)5-17(6-12(21)22)15-9-1-2-10(4-3-9)16(15)18(7-13(23)24)8-14(25)26/h1-2,9-10,15-16H,3-8H2,(H,19,20)(H,21,22)(H,23,24)(H,25,26)/t9-,10?,15+,16?/m0/s1. The molecule has 0 saturated heterocycles. The van der Waals surface area contributed by atoms with Gasteiger partial charge in [0.1, 0.15) is 0 Å². The van der Waals surface area contributed by atoms with Gasteiger partial charge in [0.15, 0.2) is 0 Å². The van der Waals surface area contributed by atoms with Gasteiger partial charge in [0.05, 0.1) is 26.2 Å². The molecule has 0 aromatic carbocycles. The van der Waals surface area contributed by atoms with Crippen LogP contribution in [-0.4, -0.2) is 92.4 Å². The molecule has 0 aromatic rings. The smallest absolute Gasteiger partial charge is 0.317 e. The largest absolute Gasteiger partial charge is 0.480 e. The van der Waals surface area contributed by atoms with Gasteiger partial charge < -0.3 is 20.4 Å². The Morgan fingerprint density at radius 2 is 0.923 bits per heavy atom. The molecule has 3 aliphatic rings. The molecule has 4 atom stereocenters. The van der Waals surface area contributed by atoms with Crippen molar-refractivity contribution >= 4 is 23.9 Å². The molecule has 3 rings (SSSR count). The summed E-state index contributed by atoms with van der Waals surface area (Å²) in [4.78, 5) is 47.5. The van der Waals surface area contributed by atoms with Crippen LogP contribution in [0.1, 0.15) is 12.8 Å². The van der Waals surface area contributed by atoms with Crippen LogP contribution < -0.4 is 0 Å². The minimum Gasteiger partial charge on any atom is -0.480 e. The van der Waals surface area contributed by atoms with Gasteiger partial charge in [-0.25, -0.2) is 0 Å². The minimum atomic E-state index is -1.20. The number of carboxylic acids is 4. The van der Waals surface area contributed by atoms with E-state index in [2.05, 4.69) is 0 Å². The minimum absolute atomic E-state index is 0.159. The highest BCUT2D eigenvalue weighted by molar-refractivity contribution is 5.73. The fraction of sp³-hybridized carbons (Fsp3) is 0.625. The summed E-state index contributed by atoms with van der Waals surface area (Å²) in [6.07, 6.45) is 5.22. The van der Waals surface area contributed by atoms with Crippen molar-refractivity contribution in [2.24, 2.45) is 11.8 Å². The number of fused-ring (bicyclic) bond motifs is 2. The van der Waals surface area contributed by atoms with E-state index in [1.807, 2.05) is 12.2 Å². The number of hydrogen-bond donors (Lipinski definition) is 4. The quantitative estimate of drug-likeness (QED) is 0.361. The van der Waals surface area contributed by atoms with Crippen LogP contribution in [0.25, 0.3) is 0 Å². The van der Waals surface area contributed by atoms with Gasteiger partial charge >= 0.3 is 23.9 Å². The number of rotatable bonds is 10. The van der Waals surface area contributed by atoms with Crippen molar-refractivity contribution in [1.29, 1.82) is 0 Å². The summed E-state index contributed by atoms with van der Waals surface area (Å²) in [5.41, 5.74) is 0. The predicted octanol–water partition coefficient (Wildman–Crippen LogP) is -0.738. The first-order chi connectivity index (χ1) is 12.2. The molecule has 3 aliphatic carbocycles. The highest BCUT2D eigenvalue weighted by atomic mass is 16.4. The summed E-state index contributed by atoms with van der Waals surface area (Å²) in [5.74, 6) is -5.10. The number of aliphatic carboxylic acids is 4.